The van der Waals surface area contributed by atoms with Crippen LogP contribution in [0.1, 0.15) is 128 Å². The lowest BCUT2D eigenvalue weighted by molar-refractivity contribution is 0.299. The highest BCUT2D eigenvalue weighted by molar-refractivity contribution is 7.80. The van der Waals surface area contributed by atoms with Crippen molar-refractivity contribution in [1.29, 1.82) is 0 Å². The van der Waals surface area contributed by atoms with Gasteiger partial charge in [0.15, 0.2) is 5.05 Å². The average Bonchev–Trinajstić information content (AvgIpc) is 2.75. The number of hydrogen-bond donors (Lipinski definition) is 1. The summed E-state index contributed by atoms with van der Waals surface area (Å²) in [5.41, 5.74) is 0.620. The minimum Gasteiger partial charge on any atom is -0.507 e. The number of ether oxygens (including phenoxy) is 1. The van der Waals surface area contributed by atoms with E-state index < -0.39 is 0 Å². The first kappa shape index (κ1) is 26.9. The van der Waals surface area contributed by atoms with Gasteiger partial charge >= 0.3 is 0 Å². The van der Waals surface area contributed by atoms with Gasteiger partial charge in [-0.25, -0.2) is 0 Å². The molecule has 0 saturated carbocycles. The van der Waals surface area contributed by atoms with Crippen molar-refractivity contribution in [3.8, 4) is 5.75 Å². The fraction of sp³-hybridized carbons (Fsp3) is 0.741. The van der Waals surface area contributed by atoms with Gasteiger partial charge in [-0.15, -0.1) is 0 Å². The highest BCUT2D eigenvalue weighted by Crippen LogP contribution is 2.18. The maximum absolute atomic E-state index is 9.77. The molecule has 1 rings (SSSR count). The number of para-hydroxylation sites is 1. The molecule has 0 aliphatic carbocycles. The molecule has 0 aliphatic rings. The second-order valence-corrected chi connectivity index (χ2v) is 9.03. The zero-order valence-electron chi connectivity index (χ0n) is 19.5. The Hall–Kier alpha value is -1.09. The van der Waals surface area contributed by atoms with Crippen molar-refractivity contribution in [2.24, 2.45) is 0 Å². The molecule has 1 aromatic carbocycles. The molecule has 0 aromatic heterocycles. The number of benzene rings is 1. The van der Waals surface area contributed by atoms with E-state index in [1.165, 1.54) is 109 Å². The van der Waals surface area contributed by atoms with Crippen molar-refractivity contribution in [2.75, 3.05) is 6.61 Å². The summed E-state index contributed by atoms with van der Waals surface area (Å²) in [5, 5.41) is 10.2. The number of phenolic OH excluding ortho intramolecular Hbond substituents is 1. The van der Waals surface area contributed by atoms with Crippen LogP contribution < -0.4 is 0 Å². The van der Waals surface area contributed by atoms with Crippen LogP contribution in [-0.2, 0) is 4.74 Å². The summed E-state index contributed by atoms with van der Waals surface area (Å²) in [7, 11) is 0. The molecule has 172 valence electrons. The van der Waals surface area contributed by atoms with Gasteiger partial charge in [0, 0.05) is 0 Å². The van der Waals surface area contributed by atoms with Crippen molar-refractivity contribution in [3.05, 3.63) is 29.8 Å². The predicted octanol–water partition coefficient (Wildman–Crippen LogP) is 9.13. The molecule has 30 heavy (non-hydrogen) atoms. The van der Waals surface area contributed by atoms with Gasteiger partial charge in [0.2, 0.25) is 0 Å². The minimum absolute atomic E-state index is 0.195. The number of unbranched alkanes of at least 4 members (excludes halogenated alkanes) is 17. The smallest absolute Gasteiger partial charge is 0.194 e. The highest BCUT2D eigenvalue weighted by Gasteiger charge is 2.06. The first-order valence-electron chi connectivity index (χ1n) is 12.7. The maximum atomic E-state index is 9.77. The Kier molecular flexibility index (Phi) is 17.8. The molecular formula is C27H46O2S. The van der Waals surface area contributed by atoms with Crippen LogP contribution in [0.5, 0.6) is 5.75 Å². The molecule has 0 aliphatic heterocycles. The van der Waals surface area contributed by atoms with Gasteiger partial charge in [-0.05, 0) is 30.8 Å². The van der Waals surface area contributed by atoms with Crippen molar-refractivity contribution in [1.82, 2.24) is 0 Å². The largest absolute Gasteiger partial charge is 0.507 e. The monoisotopic (exact) mass is 434 g/mol. The summed E-state index contributed by atoms with van der Waals surface area (Å²) in [6.45, 7) is 2.93. The van der Waals surface area contributed by atoms with E-state index in [1.54, 1.807) is 18.2 Å². The van der Waals surface area contributed by atoms with E-state index in [2.05, 4.69) is 6.92 Å². The fourth-order valence-electron chi connectivity index (χ4n) is 3.89. The zero-order chi connectivity index (χ0) is 21.7. The first-order chi connectivity index (χ1) is 14.8. The molecule has 1 N–H and O–H groups in total. The topological polar surface area (TPSA) is 29.5 Å². The first-order valence-corrected chi connectivity index (χ1v) is 13.1. The number of rotatable bonds is 20. The number of hydrogen-bond acceptors (Lipinski definition) is 3. The van der Waals surface area contributed by atoms with E-state index in [-0.39, 0.29) is 5.75 Å². The van der Waals surface area contributed by atoms with Crippen LogP contribution in [0.2, 0.25) is 0 Å². The molecule has 0 saturated heterocycles. The van der Waals surface area contributed by atoms with E-state index in [0.717, 1.165) is 6.42 Å². The second kappa shape index (κ2) is 19.8. The molecule has 0 bridgehead atoms. The number of phenols is 1. The molecule has 0 amide bonds. The van der Waals surface area contributed by atoms with Gasteiger partial charge in [-0.3, -0.25) is 0 Å². The lowest BCUT2D eigenvalue weighted by Gasteiger charge is -2.08. The summed E-state index contributed by atoms with van der Waals surface area (Å²) in [5.74, 6) is 0.195. The van der Waals surface area contributed by atoms with Crippen LogP contribution in [-0.4, -0.2) is 16.8 Å². The lowest BCUT2D eigenvalue weighted by Crippen LogP contribution is -2.05. The van der Waals surface area contributed by atoms with Crippen molar-refractivity contribution in [2.45, 2.75) is 122 Å². The van der Waals surface area contributed by atoms with Crippen molar-refractivity contribution in [3.63, 3.8) is 0 Å². The molecule has 3 heteroatoms. The van der Waals surface area contributed by atoms with Crippen molar-refractivity contribution >= 4 is 17.3 Å². The van der Waals surface area contributed by atoms with Crippen LogP contribution in [0, 0.1) is 0 Å². The van der Waals surface area contributed by atoms with Gasteiger partial charge < -0.3 is 9.84 Å². The molecule has 0 heterocycles. The van der Waals surface area contributed by atoms with Gasteiger partial charge in [-0.2, -0.15) is 0 Å². The van der Waals surface area contributed by atoms with Gasteiger partial charge in [0.1, 0.15) is 5.75 Å². The molecule has 0 fully saturated rings. The summed E-state index contributed by atoms with van der Waals surface area (Å²) >= 11 is 5.24. The standard InChI is InChI=1S/C27H46O2S/c1-2-3-4-5-6-7-8-9-10-11-12-13-14-15-16-17-18-21-24-29-27(30)25-22-19-20-23-26(25)28/h19-20,22-23,28H,2-18,21,24H2,1H3. The Morgan fingerprint density at radius 2 is 1.07 bits per heavy atom. The van der Waals surface area contributed by atoms with E-state index in [9.17, 15) is 5.11 Å². The van der Waals surface area contributed by atoms with Crippen LogP contribution in [0.15, 0.2) is 24.3 Å². The molecule has 0 unspecified atom stereocenters. The van der Waals surface area contributed by atoms with Crippen LogP contribution in [0.25, 0.3) is 0 Å². The Balaban J connectivity index is 1.77. The predicted molar refractivity (Wildman–Crippen MR) is 135 cm³/mol. The van der Waals surface area contributed by atoms with Gasteiger partial charge in [0.05, 0.1) is 12.2 Å². The Bertz CT molecular complexity index is 529. The fourth-order valence-corrected chi connectivity index (χ4v) is 4.15. The van der Waals surface area contributed by atoms with E-state index >= 15 is 0 Å². The van der Waals surface area contributed by atoms with Crippen molar-refractivity contribution < 1.29 is 9.84 Å². The van der Waals surface area contributed by atoms with Crippen LogP contribution >= 0.6 is 12.2 Å². The second-order valence-electron chi connectivity index (χ2n) is 8.66. The summed E-state index contributed by atoms with van der Waals surface area (Å²) < 4.78 is 5.61. The van der Waals surface area contributed by atoms with Crippen LogP contribution in [0.4, 0.5) is 0 Å². The number of aromatic hydroxyl groups is 1. The van der Waals surface area contributed by atoms with Gasteiger partial charge in [-0.1, -0.05) is 128 Å². The lowest BCUT2D eigenvalue weighted by atomic mass is 10.0. The molecule has 0 spiro atoms. The van der Waals surface area contributed by atoms with E-state index in [4.69, 9.17) is 17.0 Å². The van der Waals surface area contributed by atoms with E-state index in [0.29, 0.717) is 17.2 Å². The normalized spacial score (nSPS) is 11.0. The molecule has 1 aromatic rings. The Labute approximate surface area is 191 Å². The molecular weight excluding hydrogens is 388 g/mol. The minimum atomic E-state index is 0.195. The van der Waals surface area contributed by atoms with E-state index in [1.807, 2.05) is 6.07 Å². The highest BCUT2D eigenvalue weighted by atomic mass is 32.1. The summed E-state index contributed by atoms with van der Waals surface area (Å²) in [4.78, 5) is 0. The Morgan fingerprint density at radius 3 is 1.50 bits per heavy atom. The molecule has 0 radical (unpaired) electrons. The Morgan fingerprint density at radius 1 is 0.667 bits per heavy atom. The van der Waals surface area contributed by atoms with Crippen LogP contribution in [0.3, 0.4) is 0 Å². The summed E-state index contributed by atoms with van der Waals surface area (Å²) in [6, 6.07) is 7.09. The third-order valence-electron chi connectivity index (χ3n) is 5.86. The molecule has 2 nitrogen and oxygen atoms in total. The van der Waals surface area contributed by atoms with Gasteiger partial charge in [0.25, 0.3) is 0 Å². The third-order valence-corrected chi connectivity index (χ3v) is 6.19. The quantitative estimate of drug-likeness (QED) is 0.164. The zero-order valence-corrected chi connectivity index (χ0v) is 20.3. The SMILES string of the molecule is CCCCCCCCCCCCCCCCCCCCOC(=S)c1ccccc1O. The third kappa shape index (κ3) is 14.8. The average molecular weight is 435 g/mol. The summed E-state index contributed by atoms with van der Waals surface area (Å²) in [6.07, 6.45) is 24.8. The maximum Gasteiger partial charge on any atom is 0.194 e. The number of thiocarbonyl (C=S) groups is 1. The molecule has 0 atom stereocenters.